The predicted molar refractivity (Wildman–Crippen MR) is 138 cm³/mol. The minimum atomic E-state index is -0.913. The van der Waals surface area contributed by atoms with E-state index in [1.807, 2.05) is 20.8 Å². The van der Waals surface area contributed by atoms with Crippen molar-refractivity contribution in [3.8, 4) is 5.75 Å². The Balaban J connectivity index is 1.67. The number of rotatable bonds is 9. The second-order valence-corrected chi connectivity index (χ2v) is 10.8. The van der Waals surface area contributed by atoms with Crippen LogP contribution in [-0.2, 0) is 32.1 Å². The minimum absolute atomic E-state index is 0.0654. The maximum Gasteiger partial charge on any atom is 0.328 e. The van der Waals surface area contributed by atoms with Crippen LogP contribution in [0.25, 0.3) is 0 Å². The zero-order valence-electron chi connectivity index (χ0n) is 21.2. The minimum Gasteiger partial charge on any atom is -0.487 e. The van der Waals surface area contributed by atoms with Crippen molar-refractivity contribution in [2.24, 2.45) is 16.7 Å². The summed E-state index contributed by atoms with van der Waals surface area (Å²) in [6.45, 7) is 7.54. The number of esters is 1. The maximum atomic E-state index is 13.2. The van der Waals surface area contributed by atoms with Gasteiger partial charge in [-0.05, 0) is 49.4 Å². The highest BCUT2D eigenvalue weighted by Gasteiger charge is 2.56. The van der Waals surface area contributed by atoms with Crippen molar-refractivity contribution in [1.29, 1.82) is 0 Å². The fourth-order valence-corrected chi connectivity index (χ4v) is 5.36. The number of Topliss-reactive ketones (excluding diaryl/α,β-unsaturated/α-hetero) is 1. The Morgan fingerprint density at radius 3 is 2.33 bits per heavy atom. The van der Waals surface area contributed by atoms with Crippen LogP contribution in [0.3, 0.4) is 0 Å². The lowest BCUT2D eigenvalue weighted by molar-refractivity contribution is -0.147. The van der Waals surface area contributed by atoms with E-state index in [0.29, 0.717) is 39.9 Å². The molecule has 0 saturated heterocycles. The molecular weight excluding hydrogens is 503 g/mol. The Kier molecular flexibility index (Phi) is 8.67. The summed E-state index contributed by atoms with van der Waals surface area (Å²) in [4.78, 5) is 42.4. The number of methoxy groups -OCH3 is 1. The molecule has 3 atom stereocenters. The van der Waals surface area contributed by atoms with Crippen molar-refractivity contribution in [3.05, 3.63) is 57.8 Å². The van der Waals surface area contributed by atoms with Gasteiger partial charge in [0.05, 0.1) is 13.3 Å². The zero-order chi connectivity index (χ0) is 26.7. The first-order valence-electron chi connectivity index (χ1n) is 11.8. The van der Waals surface area contributed by atoms with Gasteiger partial charge in [0, 0.05) is 39.1 Å². The molecule has 1 heterocycles. The molecule has 1 N–H and O–H groups in total. The first kappa shape index (κ1) is 27.9. The molecule has 9 heteroatoms. The number of aromatic nitrogens is 1. The van der Waals surface area contributed by atoms with Gasteiger partial charge in [-0.15, -0.1) is 0 Å². The third-order valence-electron chi connectivity index (χ3n) is 7.78. The van der Waals surface area contributed by atoms with Gasteiger partial charge in [0.1, 0.15) is 24.2 Å². The third kappa shape index (κ3) is 5.68. The molecule has 1 aliphatic rings. The van der Waals surface area contributed by atoms with Gasteiger partial charge in [0.2, 0.25) is 5.91 Å². The lowest BCUT2D eigenvalue weighted by Gasteiger charge is -2.39. The van der Waals surface area contributed by atoms with Gasteiger partial charge in [-0.1, -0.05) is 50.0 Å². The third-order valence-corrected chi connectivity index (χ3v) is 8.49. The van der Waals surface area contributed by atoms with Crippen molar-refractivity contribution >= 4 is 40.9 Å². The molecule has 36 heavy (non-hydrogen) atoms. The Labute approximate surface area is 221 Å². The van der Waals surface area contributed by atoms with E-state index in [1.54, 1.807) is 37.3 Å². The van der Waals surface area contributed by atoms with Crippen LogP contribution >= 0.6 is 23.2 Å². The number of hydrogen-bond acceptors (Lipinski definition) is 6. The summed E-state index contributed by atoms with van der Waals surface area (Å²) >= 11 is 12.4. The molecule has 1 aromatic carbocycles. The van der Waals surface area contributed by atoms with Crippen LogP contribution in [0.15, 0.2) is 36.5 Å². The smallest absolute Gasteiger partial charge is 0.328 e. The SMILES string of the molecule is COC(=O)C(Cc1ccc(OCc2c(Cl)cccc2Cl)cn1)NC(=O)C1CC[C@@](C)(C(C)=O)C1(C)C. The number of amides is 1. The average molecular weight is 535 g/mol. The summed E-state index contributed by atoms with van der Waals surface area (Å²) in [5.74, 6) is -0.667. The Morgan fingerprint density at radius 1 is 1.14 bits per heavy atom. The lowest BCUT2D eigenvalue weighted by atomic mass is 9.63. The number of halogens is 2. The number of benzene rings is 1. The Morgan fingerprint density at radius 2 is 1.81 bits per heavy atom. The van der Waals surface area contributed by atoms with Gasteiger partial charge in [0.25, 0.3) is 0 Å². The van der Waals surface area contributed by atoms with Crippen molar-refractivity contribution in [2.75, 3.05) is 7.11 Å². The van der Waals surface area contributed by atoms with E-state index >= 15 is 0 Å². The van der Waals surface area contributed by atoms with Gasteiger partial charge in [0.15, 0.2) is 0 Å². The standard InChI is InChI=1S/C27H32Cl2N2O5/c1-16(32)27(4)12-11-20(26(27,2)3)24(33)31-23(25(34)35-5)13-17-9-10-18(14-30-17)36-15-19-21(28)7-6-8-22(19)29/h6-10,14,20,23H,11-13,15H2,1-5H3,(H,31,33)/t20?,23?,27-/m0/s1. The van der Waals surface area contributed by atoms with Crippen molar-refractivity contribution in [3.63, 3.8) is 0 Å². The molecule has 2 aromatic rings. The van der Waals surface area contributed by atoms with E-state index in [2.05, 4.69) is 10.3 Å². The van der Waals surface area contributed by atoms with Crippen molar-refractivity contribution < 1.29 is 23.9 Å². The molecule has 7 nitrogen and oxygen atoms in total. The monoisotopic (exact) mass is 534 g/mol. The molecule has 0 aliphatic heterocycles. The van der Waals surface area contributed by atoms with Gasteiger partial charge >= 0.3 is 5.97 Å². The van der Waals surface area contributed by atoms with E-state index in [1.165, 1.54) is 13.3 Å². The normalized spacial score (nSPS) is 21.5. The van der Waals surface area contributed by atoms with E-state index < -0.39 is 28.8 Å². The number of ketones is 1. The van der Waals surface area contributed by atoms with Crippen LogP contribution in [0, 0.1) is 16.7 Å². The van der Waals surface area contributed by atoms with E-state index in [4.69, 9.17) is 32.7 Å². The first-order valence-corrected chi connectivity index (χ1v) is 12.6. The summed E-state index contributed by atoms with van der Waals surface area (Å²) in [6.07, 6.45) is 2.88. The molecule has 1 aliphatic carbocycles. The van der Waals surface area contributed by atoms with Crippen molar-refractivity contribution in [1.82, 2.24) is 10.3 Å². The largest absolute Gasteiger partial charge is 0.487 e. The number of nitrogens with one attached hydrogen (secondary N) is 1. The van der Waals surface area contributed by atoms with Gasteiger partial charge in [-0.25, -0.2) is 4.79 Å². The molecule has 2 unspecified atom stereocenters. The molecule has 0 bridgehead atoms. The molecule has 0 spiro atoms. The van der Waals surface area contributed by atoms with Crippen molar-refractivity contribution in [2.45, 2.75) is 59.6 Å². The van der Waals surface area contributed by atoms with Crippen LogP contribution < -0.4 is 10.1 Å². The zero-order valence-corrected chi connectivity index (χ0v) is 22.7. The molecule has 194 valence electrons. The fraction of sp³-hybridized carbons (Fsp3) is 0.481. The fourth-order valence-electron chi connectivity index (χ4n) is 4.85. The molecule has 1 saturated carbocycles. The summed E-state index contributed by atoms with van der Waals surface area (Å²) in [5.41, 5.74) is 0.106. The number of hydrogen-bond donors (Lipinski definition) is 1. The van der Waals surface area contributed by atoms with E-state index in [0.717, 1.165) is 0 Å². The highest BCUT2D eigenvalue weighted by atomic mass is 35.5. The quantitative estimate of drug-likeness (QED) is 0.444. The topological polar surface area (TPSA) is 94.6 Å². The highest BCUT2D eigenvalue weighted by molar-refractivity contribution is 6.35. The Hall–Kier alpha value is -2.64. The predicted octanol–water partition coefficient (Wildman–Crippen LogP) is 5.20. The van der Waals surface area contributed by atoms with E-state index in [-0.39, 0.29) is 24.7 Å². The van der Waals surface area contributed by atoms with Crippen LogP contribution in [0.2, 0.25) is 10.0 Å². The van der Waals surface area contributed by atoms with Gasteiger partial charge < -0.3 is 14.8 Å². The van der Waals surface area contributed by atoms with Gasteiger partial charge in [-0.3, -0.25) is 14.6 Å². The van der Waals surface area contributed by atoms with Crippen LogP contribution in [0.5, 0.6) is 5.75 Å². The second kappa shape index (κ2) is 11.2. The number of pyridine rings is 1. The maximum absolute atomic E-state index is 13.2. The van der Waals surface area contributed by atoms with Crippen LogP contribution in [-0.4, -0.2) is 35.8 Å². The summed E-state index contributed by atoms with van der Waals surface area (Å²) in [7, 11) is 1.28. The molecule has 1 aromatic heterocycles. The number of carbonyl (C=O) groups excluding carboxylic acids is 3. The van der Waals surface area contributed by atoms with Gasteiger partial charge in [-0.2, -0.15) is 0 Å². The lowest BCUT2D eigenvalue weighted by Crippen LogP contribution is -2.50. The van der Waals surface area contributed by atoms with E-state index in [9.17, 15) is 14.4 Å². The molecule has 1 fully saturated rings. The molecular formula is C27H32Cl2N2O5. The number of nitrogens with zero attached hydrogens (tertiary/aromatic N) is 1. The molecule has 1 amide bonds. The first-order chi connectivity index (χ1) is 16.9. The Bertz CT molecular complexity index is 1120. The van der Waals surface area contributed by atoms with Crippen LogP contribution in [0.4, 0.5) is 0 Å². The average Bonchev–Trinajstić information content (AvgIpc) is 3.08. The number of carbonyl (C=O) groups is 3. The second-order valence-electron chi connectivity index (χ2n) is 9.96. The molecule has 3 rings (SSSR count). The highest BCUT2D eigenvalue weighted by Crippen LogP contribution is 2.56. The van der Waals surface area contributed by atoms with Crippen LogP contribution in [0.1, 0.15) is 51.8 Å². The summed E-state index contributed by atoms with van der Waals surface area (Å²) in [6, 6.07) is 7.77. The summed E-state index contributed by atoms with van der Waals surface area (Å²) < 4.78 is 10.7. The molecule has 0 radical (unpaired) electrons. The number of ether oxygens (including phenoxy) is 2. The summed E-state index contributed by atoms with van der Waals surface area (Å²) in [5, 5.41) is 3.86.